The van der Waals surface area contributed by atoms with E-state index in [-0.39, 0.29) is 24.3 Å². The summed E-state index contributed by atoms with van der Waals surface area (Å²) in [5.74, 6) is -5.59. The molecule has 3 amide bonds. The van der Waals surface area contributed by atoms with E-state index in [1.807, 2.05) is 0 Å². The van der Waals surface area contributed by atoms with Crippen LogP contribution < -0.4 is 21.7 Å². The van der Waals surface area contributed by atoms with Gasteiger partial charge in [0.15, 0.2) is 0 Å². The molecule has 0 spiro atoms. The minimum atomic E-state index is -1.57. The highest BCUT2D eigenvalue weighted by Crippen LogP contribution is 2.11. The Labute approximate surface area is 200 Å². The van der Waals surface area contributed by atoms with Gasteiger partial charge in [-0.1, -0.05) is 12.1 Å². The van der Waals surface area contributed by atoms with Gasteiger partial charge in [-0.2, -0.15) is 12.6 Å². The summed E-state index contributed by atoms with van der Waals surface area (Å²) in [6.07, 6.45) is -0.781. The predicted molar refractivity (Wildman–Crippen MR) is 121 cm³/mol. The molecule has 4 unspecified atom stereocenters. The largest absolute Gasteiger partial charge is 0.508 e. The number of phenols is 1. The highest BCUT2D eigenvalue weighted by atomic mass is 32.1. The number of hydrogen-bond acceptors (Lipinski definition) is 9. The normalized spacial score (nSPS) is 14.2. The quantitative estimate of drug-likeness (QED) is 0.123. The molecule has 0 fully saturated rings. The summed E-state index contributed by atoms with van der Waals surface area (Å²) in [5.41, 5.74) is 6.50. The van der Waals surface area contributed by atoms with Crippen LogP contribution in [0, 0.1) is 0 Å². The van der Waals surface area contributed by atoms with Crippen LogP contribution in [0.25, 0.3) is 0 Å². The number of phenolic OH excluding ortho intramolecular Hbond substituents is 1. The van der Waals surface area contributed by atoms with Gasteiger partial charge < -0.3 is 42.1 Å². The minimum absolute atomic E-state index is 0.0266. The van der Waals surface area contributed by atoms with E-state index >= 15 is 0 Å². The molecule has 0 aliphatic rings. The van der Waals surface area contributed by atoms with E-state index in [0.29, 0.717) is 5.56 Å². The number of carbonyl (C=O) groups excluding carboxylic acids is 3. The second-order valence-corrected chi connectivity index (χ2v) is 7.66. The Balaban J connectivity index is 2.86. The first-order chi connectivity index (χ1) is 16.0. The Morgan fingerprint density at radius 3 is 1.91 bits per heavy atom. The molecule has 188 valence electrons. The average Bonchev–Trinajstić information content (AvgIpc) is 2.78. The van der Waals surface area contributed by atoms with Crippen molar-refractivity contribution in [3.63, 3.8) is 0 Å². The van der Waals surface area contributed by atoms with Gasteiger partial charge >= 0.3 is 11.9 Å². The molecule has 0 heterocycles. The third-order valence-electron chi connectivity index (χ3n) is 4.62. The average molecular weight is 501 g/mol. The Morgan fingerprint density at radius 1 is 0.882 bits per heavy atom. The number of thiol groups is 1. The smallest absolute Gasteiger partial charge is 0.327 e. The standard InChI is InChI=1S/C20H28N4O9S/c21-12(7-10-1-3-11(26)4-2-10)17(29)22-13(5-6-16(27)28)18(30)23-14(8-25)19(31)24-15(9-34)20(32)33/h1-4,12-15,25-26,34H,5-9,21H2,(H,22,29)(H,23,30)(H,24,31)(H,27,28)(H,32,33). The van der Waals surface area contributed by atoms with Crippen LogP contribution in [0.4, 0.5) is 0 Å². The van der Waals surface area contributed by atoms with Crippen molar-refractivity contribution < 1.29 is 44.4 Å². The lowest BCUT2D eigenvalue weighted by atomic mass is 10.0. The van der Waals surface area contributed by atoms with Gasteiger partial charge in [0.2, 0.25) is 17.7 Å². The lowest BCUT2D eigenvalue weighted by Crippen LogP contribution is -2.58. The van der Waals surface area contributed by atoms with Crippen LogP contribution in [-0.2, 0) is 30.4 Å². The Morgan fingerprint density at radius 2 is 1.41 bits per heavy atom. The number of carboxylic acids is 2. The minimum Gasteiger partial charge on any atom is -0.508 e. The molecule has 0 aliphatic carbocycles. The maximum Gasteiger partial charge on any atom is 0.327 e. The van der Waals surface area contributed by atoms with E-state index < -0.39 is 66.9 Å². The second kappa shape index (κ2) is 14.0. The number of nitrogens with one attached hydrogen (secondary N) is 3. The van der Waals surface area contributed by atoms with E-state index in [9.17, 15) is 34.2 Å². The van der Waals surface area contributed by atoms with E-state index in [1.165, 1.54) is 12.1 Å². The summed E-state index contributed by atoms with van der Waals surface area (Å²) in [4.78, 5) is 59.4. The highest BCUT2D eigenvalue weighted by molar-refractivity contribution is 7.80. The first-order valence-electron chi connectivity index (χ1n) is 10.1. The Bertz CT molecular complexity index is 881. The van der Waals surface area contributed by atoms with Crippen LogP contribution >= 0.6 is 12.6 Å². The lowest BCUT2D eigenvalue weighted by molar-refractivity contribution is -0.142. The zero-order valence-electron chi connectivity index (χ0n) is 18.0. The van der Waals surface area contributed by atoms with Gasteiger partial charge in [-0.05, 0) is 30.5 Å². The van der Waals surface area contributed by atoms with Crippen LogP contribution in [0.2, 0.25) is 0 Å². The molecule has 4 atom stereocenters. The first-order valence-corrected chi connectivity index (χ1v) is 10.7. The van der Waals surface area contributed by atoms with Crippen molar-refractivity contribution >= 4 is 42.3 Å². The maximum absolute atomic E-state index is 12.7. The van der Waals surface area contributed by atoms with Crippen LogP contribution in [0.3, 0.4) is 0 Å². The summed E-state index contributed by atoms with van der Waals surface area (Å²) in [7, 11) is 0. The second-order valence-electron chi connectivity index (χ2n) is 7.30. The molecule has 1 rings (SSSR count). The third kappa shape index (κ3) is 9.64. The van der Waals surface area contributed by atoms with Crippen LogP contribution in [0.1, 0.15) is 18.4 Å². The molecule has 14 heteroatoms. The van der Waals surface area contributed by atoms with Crippen LogP contribution in [-0.4, -0.2) is 86.6 Å². The number of rotatable bonds is 14. The number of benzene rings is 1. The van der Waals surface area contributed by atoms with E-state index in [0.717, 1.165) is 0 Å². The molecule has 0 aromatic heterocycles. The molecule has 0 aliphatic heterocycles. The van der Waals surface area contributed by atoms with Gasteiger partial charge in [-0.25, -0.2) is 4.79 Å². The number of aliphatic hydroxyl groups is 1. The Hall–Kier alpha value is -3.36. The monoisotopic (exact) mass is 500 g/mol. The van der Waals surface area contributed by atoms with Crippen LogP contribution in [0.15, 0.2) is 24.3 Å². The maximum atomic E-state index is 12.7. The first kappa shape index (κ1) is 28.7. The number of hydrogen-bond donors (Lipinski definition) is 9. The van der Waals surface area contributed by atoms with Crippen molar-refractivity contribution in [3.8, 4) is 5.75 Å². The topological polar surface area (TPSA) is 228 Å². The summed E-state index contributed by atoms with van der Waals surface area (Å²) in [6, 6.07) is 0.460. The molecule has 0 saturated heterocycles. The van der Waals surface area contributed by atoms with E-state index in [1.54, 1.807) is 12.1 Å². The Kier molecular flexibility index (Phi) is 11.8. The predicted octanol–water partition coefficient (Wildman–Crippen LogP) is -2.41. The van der Waals surface area contributed by atoms with Crippen molar-refractivity contribution in [3.05, 3.63) is 29.8 Å². The lowest BCUT2D eigenvalue weighted by Gasteiger charge is -2.24. The molecular formula is C20H28N4O9S. The fourth-order valence-corrected chi connectivity index (χ4v) is 2.97. The van der Waals surface area contributed by atoms with Gasteiger partial charge in [0.05, 0.1) is 12.6 Å². The molecule has 1 aromatic carbocycles. The van der Waals surface area contributed by atoms with Crippen molar-refractivity contribution in [2.45, 2.75) is 43.4 Å². The summed E-state index contributed by atoms with van der Waals surface area (Å²) >= 11 is 3.80. The summed E-state index contributed by atoms with van der Waals surface area (Å²) in [5, 5.41) is 43.3. The molecule has 34 heavy (non-hydrogen) atoms. The fourth-order valence-electron chi connectivity index (χ4n) is 2.72. The number of carboxylic acid groups (broad SMARTS) is 2. The van der Waals surface area contributed by atoms with Gasteiger partial charge in [-0.15, -0.1) is 0 Å². The zero-order chi connectivity index (χ0) is 25.8. The van der Waals surface area contributed by atoms with Crippen molar-refractivity contribution in [2.24, 2.45) is 5.73 Å². The third-order valence-corrected chi connectivity index (χ3v) is 4.99. The number of amides is 3. The van der Waals surface area contributed by atoms with Crippen molar-refractivity contribution in [2.75, 3.05) is 12.4 Å². The van der Waals surface area contributed by atoms with Gasteiger partial charge in [0, 0.05) is 12.2 Å². The highest BCUT2D eigenvalue weighted by Gasteiger charge is 2.30. The summed E-state index contributed by atoms with van der Waals surface area (Å²) < 4.78 is 0. The SMILES string of the molecule is NC(Cc1ccc(O)cc1)C(=O)NC(CCC(=O)O)C(=O)NC(CO)C(=O)NC(CS)C(=O)O. The molecule has 1 aromatic rings. The molecule has 9 N–H and O–H groups in total. The molecular weight excluding hydrogens is 472 g/mol. The number of nitrogens with two attached hydrogens (primary N) is 1. The van der Waals surface area contributed by atoms with Gasteiger partial charge in [0.25, 0.3) is 0 Å². The molecule has 0 saturated carbocycles. The molecule has 0 radical (unpaired) electrons. The van der Waals surface area contributed by atoms with Gasteiger partial charge in [-0.3, -0.25) is 19.2 Å². The molecule has 0 bridgehead atoms. The van der Waals surface area contributed by atoms with Crippen molar-refractivity contribution in [1.29, 1.82) is 0 Å². The van der Waals surface area contributed by atoms with Crippen LogP contribution in [0.5, 0.6) is 5.75 Å². The number of carbonyl (C=O) groups is 5. The van der Waals surface area contributed by atoms with Crippen molar-refractivity contribution in [1.82, 2.24) is 16.0 Å². The van der Waals surface area contributed by atoms with E-state index in [4.69, 9.17) is 15.9 Å². The van der Waals surface area contributed by atoms with Gasteiger partial charge in [0.1, 0.15) is 23.9 Å². The van der Waals surface area contributed by atoms with E-state index in [2.05, 4.69) is 28.6 Å². The molecule has 13 nitrogen and oxygen atoms in total. The number of aliphatic carboxylic acids is 2. The summed E-state index contributed by atoms with van der Waals surface area (Å²) in [6.45, 7) is -0.892. The zero-order valence-corrected chi connectivity index (χ0v) is 18.9. The number of aliphatic hydroxyl groups excluding tert-OH is 1. The fraction of sp³-hybridized carbons (Fsp3) is 0.450. The number of aromatic hydroxyl groups is 1.